The molecule has 1 aliphatic heterocycles. The zero-order valence-corrected chi connectivity index (χ0v) is 12.2. The normalized spacial score (nSPS) is 29.2. The zero-order chi connectivity index (χ0) is 13.4. The lowest BCUT2D eigenvalue weighted by atomic mass is 9.85. The third-order valence-corrected chi connectivity index (χ3v) is 5.23. The van der Waals surface area contributed by atoms with Gasteiger partial charge in [-0.3, -0.25) is 4.90 Å². The second-order valence-electron chi connectivity index (χ2n) is 6.02. The summed E-state index contributed by atoms with van der Waals surface area (Å²) in [7, 11) is 0. The molecule has 1 aromatic rings. The monoisotopic (exact) mass is 279 g/mol. The van der Waals surface area contributed by atoms with Crippen LogP contribution in [0.15, 0.2) is 18.2 Å². The minimum atomic E-state index is 0.256. The van der Waals surface area contributed by atoms with Gasteiger partial charge >= 0.3 is 0 Å². The molecule has 2 aliphatic rings. The average Bonchev–Trinajstić information content (AvgIpc) is 2.84. The minimum Gasteiger partial charge on any atom is -0.508 e. The molecule has 0 bridgehead atoms. The van der Waals surface area contributed by atoms with Crippen molar-refractivity contribution >= 4 is 11.6 Å². The van der Waals surface area contributed by atoms with Crippen molar-refractivity contribution in [3.63, 3.8) is 0 Å². The van der Waals surface area contributed by atoms with Crippen LogP contribution < -0.4 is 0 Å². The number of likely N-dealkylation sites (tertiary alicyclic amines) is 1. The lowest BCUT2D eigenvalue weighted by molar-refractivity contribution is 0.139. The van der Waals surface area contributed by atoms with E-state index in [0.717, 1.165) is 18.0 Å². The topological polar surface area (TPSA) is 23.5 Å². The quantitative estimate of drug-likeness (QED) is 0.869. The molecule has 0 spiro atoms. The SMILES string of the molecule is CC(c1cc(Cl)ccc1O)N1CCC2CCCCC21. The number of phenols is 1. The van der Waals surface area contributed by atoms with E-state index in [1.54, 1.807) is 12.1 Å². The lowest BCUT2D eigenvalue weighted by Crippen LogP contribution is -2.36. The lowest BCUT2D eigenvalue weighted by Gasteiger charge is -2.36. The van der Waals surface area contributed by atoms with E-state index in [2.05, 4.69) is 11.8 Å². The fraction of sp³-hybridized carbons (Fsp3) is 0.625. The molecule has 2 nitrogen and oxygen atoms in total. The van der Waals surface area contributed by atoms with Crippen molar-refractivity contribution in [1.82, 2.24) is 4.90 Å². The number of nitrogens with zero attached hydrogens (tertiary/aromatic N) is 1. The Morgan fingerprint density at radius 1 is 1.26 bits per heavy atom. The Balaban J connectivity index is 1.83. The van der Waals surface area contributed by atoms with Gasteiger partial charge in [0.15, 0.2) is 0 Å². The van der Waals surface area contributed by atoms with Crippen molar-refractivity contribution in [3.05, 3.63) is 28.8 Å². The summed E-state index contributed by atoms with van der Waals surface area (Å²) in [5.41, 5.74) is 0.971. The number of aromatic hydroxyl groups is 1. The second kappa shape index (κ2) is 5.34. The molecule has 2 fully saturated rings. The summed E-state index contributed by atoms with van der Waals surface area (Å²) in [5.74, 6) is 1.24. The summed E-state index contributed by atoms with van der Waals surface area (Å²) < 4.78 is 0. The summed E-state index contributed by atoms with van der Waals surface area (Å²) in [5, 5.41) is 10.8. The average molecular weight is 280 g/mol. The van der Waals surface area contributed by atoms with Gasteiger partial charge in [0.2, 0.25) is 0 Å². The maximum absolute atomic E-state index is 10.1. The van der Waals surface area contributed by atoms with E-state index in [9.17, 15) is 5.11 Å². The number of halogens is 1. The molecule has 0 amide bonds. The van der Waals surface area contributed by atoms with Gasteiger partial charge in [-0.2, -0.15) is 0 Å². The standard InChI is InChI=1S/C16H22ClNO/c1-11(14-10-13(17)6-7-16(14)19)18-9-8-12-4-2-3-5-15(12)18/h6-7,10-12,15,19H,2-5,8-9H2,1H3. The smallest absolute Gasteiger partial charge is 0.120 e. The summed E-state index contributed by atoms with van der Waals surface area (Å²) in [6, 6.07) is 6.34. The van der Waals surface area contributed by atoms with Crippen molar-refractivity contribution < 1.29 is 5.11 Å². The first-order chi connectivity index (χ1) is 9.16. The van der Waals surface area contributed by atoms with Gasteiger partial charge in [0.1, 0.15) is 5.75 Å². The number of hydrogen-bond donors (Lipinski definition) is 1. The molecule has 1 N–H and O–H groups in total. The fourth-order valence-electron chi connectivity index (χ4n) is 3.96. The highest BCUT2D eigenvalue weighted by atomic mass is 35.5. The first-order valence-electron chi connectivity index (χ1n) is 7.41. The molecular formula is C16H22ClNO. The number of benzene rings is 1. The largest absolute Gasteiger partial charge is 0.508 e. The summed E-state index contributed by atoms with van der Waals surface area (Å²) in [4.78, 5) is 2.58. The highest BCUT2D eigenvalue weighted by molar-refractivity contribution is 6.30. The van der Waals surface area contributed by atoms with Gasteiger partial charge in [0.25, 0.3) is 0 Å². The maximum Gasteiger partial charge on any atom is 0.120 e. The highest BCUT2D eigenvalue weighted by Crippen LogP contribution is 2.42. The van der Waals surface area contributed by atoms with Crippen LogP contribution in [0.2, 0.25) is 5.02 Å². The number of fused-ring (bicyclic) bond motifs is 1. The van der Waals surface area contributed by atoms with Crippen molar-refractivity contribution in [2.24, 2.45) is 5.92 Å². The molecule has 1 saturated heterocycles. The van der Waals surface area contributed by atoms with Crippen LogP contribution in [-0.2, 0) is 0 Å². The molecular weight excluding hydrogens is 258 g/mol. The Morgan fingerprint density at radius 3 is 2.89 bits per heavy atom. The Morgan fingerprint density at radius 2 is 2.05 bits per heavy atom. The van der Waals surface area contributed by atoms with Gasteiger partial charge in [-0.25, -0.2) is 0 Å². The van der Waals surface area contributed by atoms with Crippen LogP contribution in [0.3, 0.4) is 0 Å². The van der Waals surface area contributed by atoms with E-state index in [0.29, 0.717) is 16.8 Å². The predicted octanol–water partition coefficient (Wildman–Crippen LogP) is 4.37. The van der Waals surface area contributed by atoms with Crippen LogP contribution in [0.4, 0.5) is 0 Å². The Labute approximate surface area is 120 Å². The van der Waals surface area contributed by atoms with Gasteiger partial charge in [-0.05, 0) is 56.8 Å². The number of hydrogen-bond acceptors (Lipinski definition) is 2. The van der Waals surface area contributed by atoms with Crippen molar-refractivity contribution in [1.29, 1.82) is 0 Å². The van der Waals surface area contributed by atoms with E-state index >= 15 is 0 Å². The molecule has 3 heteroatoms. The molecule has 0 radical (unpaired) electrons. The van der Waals surface area contributed by atoms with Gasteiger partial charge < -0.3 is 5.11 Å². The molecule has 1 aliphatic carbocycles. The summed E-state index contributed by atoms with van der Waals surface area (Å²) >= 11 is 6.08. The third kappa shape index (κ3) is 2.48. The number of rotatable bonds is 2. The van der Waals surface area contributed by atoms with E-state index in [1.807, 2.05) is 6.07 Å². The molecule has 0 aromatic heterocycles. The van der Waals surface area contributed by atoms with E-state index < -0.39 is 0 Å². The molecule has 1 heterocycles. The van der Waals surface area contributed by atoms with E-state index in [1.165, 1.54) is 32.1 Å². The van der Waals surface area contributed by atoms with Crippen molar-refractivity contribution in [2.75, 3.05) is 6.54 Å². The van der Waals surface area contributed by atoms with Crippen LogP contribution in [0.1, 0.15) is 50.6 Å². The molecule has 19 heavy (non-hydrogen) atoms. The highest BCUT2D eigenvalue weighted by Gasteiger charge is 2.38. The van der Waals surface area contributed by atoms with E-state index in [4.69, 9.17) is 11.6 Å². The first-order valence-corrected chi connectivity index (χ1v) is 7.79. The predicted molar refractivity (Wildman–Crippen MR) is 78.6 cm³/mol. The summed E-state index contributed by atoms with van der Waals surface area (Å²) in [6.07, 6.45) is 6.76. The molecule has 3 atom stereocenters. The van der Waals surface area contributed by atoms with Crippen molar-refractivity contribution in [2.45, 2.75) is 51.1 Å². The zero-order valence-electron chi connectivity index (χ0n) is 11.5. The number of phenolic OH excluding ortho intramolecular Hbond substituents is 1. The van der Waals surface area contributed by atoms with Crippen LogP contribution >= 0.6 is 11.6 Å². The van der Waals surface area contributed by atoms with E-state index in [-0.39, 0.29) is 6.04 Å². The first kappa shape index (κ1) is 13.3. The van der Waals surface area contributed by atoms with Crippen LogP contribution in [0.5, 0.6) is 5.75 Å². The Hall–Kier alpha value is -0.730. The van der Waals surface area contributed by atoms with Crippen LogP contribution in [0, 0.1) is 5.92 Å². The molecule has 104 valence electrons. The minimum absolute atomic E-state index is 0.256. The molecule has 3 rings (SSSR count). The fourth-order valence-corrected chi connectivity index (χ4v) is 4.14. The third-order valence-electron chi connectivity index (χ3n) is 4.99. The van der Waals surface area contributed by atoms with Crippen LogP contribution in [0.25, 0.3) is 0 Å². The molecule has 1 aromatic carbocycles. The molecule has 3 unspecified atom stereocenters. The van der Waals surface area contributed by atoms with Crippen LogP contribution in [-0.4, -0.2) is 22.6 Å². The molecule has 1 saturated carbocycles. The maximum atomic E-state index is 10.1. The Bertz CT molecular complexity index is 462. The van der Waals surface area contributed by atoms with Gasteiger partial charge in [0.05, 0.1) is 0 Å². The van der Waals surface area contributed by atoms with Gasteiger partial charge in [-0.15, -0.1) is 0 Å². The second-order valence-corrected chi connectivity index (χ2v) is 6.45. The van der Waals surface area contributed by atoms with Crippen molar-refractivity contribution in [3.8, 4) is 5.75 Å². The summed E-state index contributed by atoms with van der Waals surface area (Å²) in [6.45, 7) is 3.35. The Kier molecular flexibility index (Phi) is 3.72. The van der Waals surface area contributed by atoms with Gasteiger partial charge in [0, 0.05) is 22.7 Å². The van der Waals surface area contributed by atoms with Gasteiger partial charge in [-0.1, -0.05) is 24.4 Å².